The van der Waals surface area contributed by atoms with E-state index in [2.05, 4.69) is 63.8 Å². The highest BCUT2D eigenvalue weighted by molar-refractivity contribution is 5.83. The van der Waals surface area contributed by atoms with Gasteiger partial charge in [0.1, 0.15) is 5.82 Å². The van der Waals surface area contributed by atoms with E-state index in [9.17, 15) is 0 Å². The summed E-state index contributed by atoms with van der Waals surface area (Å²) in [4.78, 5) is 12.3. The number of hydrogen-bond donors (Lipinski definition) is 3. The molecule has 0 bridgehead atoms. The zero-order valence-electron chi connectivity index (χ0n) is 13.9. The van der Waals surface area contributed by atoms with E-state index in [1.807, 2.05) is 19.1 Å². The van der Waals surface area contributed by atoms with Crippen LogP contribution in [0.1, 0.15) is 25.1 Å². The van der Waals surface area contributed by atoms with Crippen LogP contribution in [0.4, 0.5) is 11.8 Å². The minimum absolute atomic E-state index is 0.350. The molecule has 0 atom stereocenters. The van der Waals surface area contributed by atoms with Gasteiger partial charge in [0.15, 0.2) is 0 Å². The third-order valence-corrected chi connectivity index (χ3v) is 3.64. The van der Waals surface area contributed by atoms with Crippen molar-refractivity contribution in [2.24, 2.45) is 0 Å². The Morgan fingerprint density at radius 2 is 2.00 bits per heavy atom. The first-order valence-corrected chi connectivity index (χ1v) is 8.03. The molecule has 23 heavy (non-hydrogen) atoms. The van der Waals surface area contributed by atoms with Crippen molar-refractivity contribution in [2.45, 2.75) is 33.2 Å². The molecule has 0 aliphatic heterocycles. The molecule has 5 heteroatoms. The molecule has 0 aliphatic carbocycles. The minimum atomic E-state index is 0.350. The van der Waals surface area contributed by atoms with E-state index < -0.39 is 0 Å². The molecule has 0 saturated carbocycles. The van der Waals surface area contributed by atoms with Crippen LogP contribution in [0.5, 0.6) is 0 Å². The second-order valence-corrected chi connectivity index (χ2v) is 6.05. The second kappa shape index (κ2) is 6.69. The van der Waals surface area contributed by atoms with Gasteiger partial charge in [-0.2, -0.15) is 4.98 Å². The first-order valence-electron chi connectivity index (χ1n) is 8.03. The largest absolute Gasteiger partial charge is 0.368 e. The number of H-pyrrole nitrogens is 1. The average Bonchev–Trinajstić information content (AvgIpc) is 2.89. The molecule has 0 aliphatic rings. The lowest BCUT2D eigenvalue weighted by Crippen LogP contribution is -2.14. The van der Waals surface area contributed by atoms with Crippen LogP contribution >= 0.6 is 0 Å². The summed E-state index contributed by atoms with van der Waals surface area (Å²) in [6, 6.07) is 10.7. The van der Waals surface area contributed by atoms with E-state index in [0.29, 0.717) is 12.0 Å². The van der Waals surface area contributed by atoms with Crippen LogP contribution in [0.3, 0.4) is 0 Å². The third-order valence-electron chi connectivity index (χ3n) is 3.64. The highest BCUT2D eigenvalue weighted by Crippen LogP contribution is 2.18. The number of nitrogens with one attached hydrogen (secondary N) is 3. The van der Waals surface area contributed by atoms with Crippen molar-refractivity contribution in [1.82, 2.24) is 15.0 Å². The predicted octanol–water partition coefficient (Wildman–Crippen LogP) is 3.74. The van der Waals surface area contributed by atoms with Gasteiger partial charge in [0, 0.05) is 41.4 Å². The number of fused-ring (bicyclic) bond motifs is 1. The van der Waals surface area contributed by atoms with Gasteiger partial charge in [-0.3, -0.25) is 0 Å². The van der Waals surface area contributed by atoms with Crippen molar-refractivity contribution in [3.63, 3.8) is 0 Å². The zero-order valence-corrected chi connectivity index (χ0v) is 13.9. The summed E-state index contributed by atoms with van der Waals surface area (Å²) < 4.78 is 0. The fraction of sp³-hybridized carbons (Fsp3) is 0.333. The topological polar surface area (TPSA) is 65.6 Å². The summed E-state index contributed by atoms with van der Waals surface area (Å²) in [5.41, 5.74) is 3.44. The third kappa shape index (κ3) is 3.80. The molecule has 0 amide bonds. The maximum absolute atomic E-state index is 4.51. The number of para-hydroxylation sites is 1. The Kier molecular flexibility index (Phi) is 4.46. The summed E-state index contributed by atoms with van der Waals surface area (Å²) >= 11 is 0. The maximum Gasteiger partial charge on any atom is 0.224 e. The Morgan fingerprint density at radius 1 is 1.17 bits per heavy atom. The number of anilines is 2. The lowest BCUT2D eigenvalue weighted by Gasteiger charge is -2.11. The Bertz CT molecular complexity index is 791. The molecule has 0 spiro atoms. The first-order chi connectivity index (χ1) is 11.1. The summed E-state index contributed by atoms with van der Waals surface area (Å²) in [6.07, 6.45) is 3.00. The predicted molar refractivity (Wildman–Crippen MR) is 96.0 cm³/mol. The molecule has 0 radical (unpaired) electrons. The maximum atomic E-state index is 4.51. The molecular weight excluding hydrogens is 286 g/mol. The molecule has 3 N–H and O–H groups in total. The lowest BCUT2D eigenvalue weighted by atomic mass is 10.1. The van der Waals surface area contributed by atoms with Crippen LogP contribution in [0, 0.1) is 6.92 Å². The van der Waals surface area contributed by atoms with Crippen molar-refractivity contribution in [3.05, 3.63) is 47.8 Å². The van der Waals surface area contributed by atoms with Crippen LogP contribution in [-0.2, 0) is 6.42 Å². The standard InChI is InChI=1S/C18H23N5/c1-12(2)21-17-10-13(3)22-18(23-17)19-9-8-14-11-20-16-7-5-4-6-15(14)16/h4-7,10-12,20H,8-9H2,1-3H3,(H2,19,21,22,23). The van der Waals surface area contributed by atoms with E-state index in [1.54, 1.807) is 0 Å². The molecule has 0 unspecified atom stereocenters. The highest BCUT2D eigenvalue weighted by Gasteiger charge is 2.05. The van der Waals surface area contributed by atoms with Gasteiger partial charge >= 0.3 is 0 Å². The van der Waals surface area contributed by atoms with Crippen LogP contribution in [0.2, 0.25) is 0 Å². The van der Waals surface area contributed by atoms with E-state index >= 15 is 0 Å². The fourth-order valence-corrected chi connectivity index (χ4v) is 2.66. The number of aryl methyl sites for hydroxylation is 1. The van der Waals surface area contributed by atoms with E-state index in [0.717, 1.165) is 24.5 Å². The Labute approximate surface area is 136 Å². The van der Waals surface area contributed by atoms with Gasteiger partial charge in [-0.25, -0.2) is 4.98 Å². The zero-order chi connectivity index (χ0) is 16.2. The minimum Gasteiger partial charge on any atom is -0.368 e. The van der Waals surface area contributed by atoms with Gasteiger partial charge in [-0.15, -0.1) is 0 Å². The molecule has 3 aromatic rings. The van der Waals surface area contributed by atoms with Crippen molar-refractivity contribution in [2.75, 3.05) is 17.2 Å². The average molecular weight is 309 g/mol. The number of benzene rings is 1. The van der Waals surface area contributed by atoms with Crippen LogP contribution in [-0.4, -0.2) is 27.5 Å². The van der Waals surface area contributed by atoms with Gasteiger partial charge in [0.25, 0.3) is 0 Å². The van der Waals surface area contributed by atoms with Crippen LogP contribution in [0.15, 0.2) is 36.5 Å². The van der Waals surface area contributed by atoms with E-state index in [1.165, 1.54) is 16.5 Å². The van der Waals surface area contributed by atoms with Crippen molar-refractivity contribution in [1.29, 1.82) is 0 Å². The summed E-state index contributed by atoms with van der Waals surface area (Å²) in [5, 5.41) is 7.92. The highest BCUT2D eigenvalue weighted by atomic mass is 15.1. The Hall–Kier alpha value is -2.56. The monoisotopic (exact) mass is 309 g/mol. The Balaban J connectivity index is 1.65. The van der Waals surface area contributed by atoms with Crippen LogP contribution < -0.4 is 10.6 Å². The molecule has 3 rings (SSSR count). The fourth-order valence-electron chi connectivity index (χ4n) is 2.66. The summed E-state index contributed by atoms with van der Waals surface area (Å²) in [7, 11) is 0. The number of aromatic nitrogens is 3. The van der Waals surface area contributed by atoms with Crippen molar-refractivity contribution in [3.8, 4) is 0 Å². The number of nitrogens with zero attached hydrogens (tertiary/aromatic N) is 2. The molecule has 2 heterocycles. The number of aromatic amines is 1. The van der Waals surface area contributed by atoms with E-state index in [-0.39, 0.29) is 0 Å². The van der Waals surface area contributed by atoms with Crippen molar-refractivity contribution >= 4 is 22.7 Å². The number of hydrogen-bond acceptors (Lipinski definition) is 4. The number of rotatable bonds is 6. The first kappa shape index (κ1) is 15.3. The van der Waals surface area contributed by atoms with Crippen LogP contribution in [0.25, 0.3) is 10.9 Å². The SMILES string of the molecule is Cc1cc(NC(C)C)nc(NCCc2c[nH]c3ccccc23)n1. The van der Waals surface area contributed by atoms with Crippen molar-refractivity contribution < 1.29 is 0 Å². The van der Waals surface area contributed by atoms with Gasteiger partial charge in [0.2, 0.25) is 5.95 Å². The van der Waals surface area contributed by atoms with Gasteiger partial charge < -0.3 is 15.6 Å². The molecule has 2 aromatic heterocycles. The molecule has 1 aromatic carbocycles. The van der Waals surface area contributed by atoms with Gasteiger partial charge in [-0.05, 0) is 38.8 Å². The Morgan fingerprint density at radius 3 is 2.83 bits per heavy atom. The normalized spacial score (nSPS) is 11.1. The quantitative estimate of drug-likeness (QED) is 0.649. The summed E-state index contributed by atoms with van der Waals surface area (Å²) in [5.74, 6) is 1.54. The van der Waals surface area contributed by atoms with Gasteiger partial charge in [-0.1, -0.05) is 18.2 Å². The molecular formula is C18H23N5. The molecule has 0 saturated heterocycles. The summed E-state index contributed by atoms with van der Waals surface area (Å²) in [6.45, 7) is 6.98. The molecule has 0 fully saturated rings. The van der Waals surface area contributed by atoms with Gasteiger partial charge in [0.05, 0.1) is 0 Å². The molecule has 5 nitrogen and oxygen atoms in total. The second-order valence-electron chi connectivity index (χ2n) is 6.05. The smallest absolute Gasteiger partial charge is 0.224 e. The van der Waals surface area contributed by atoms with E-state index in [4.69, 9.17) is 0 Å². The molecule has 120 valence electrons. The lowest BCUT2D eigenvalue weighted by molar-refractivity contribution is 0.882.